The zero-order chi connectivity index (χ0) is 29.8. The Labute approximate surface area is 245 Å². The highest BCUT2D eigenvalue weighted by atomic mass is 32.2. The molecule has 1 aromatic carbocycles. The molecular formula is C30H37FN6O4S. The van der Waals surface area contributed by atoms with Crippen molar-refractivity contribution >= 4 is 38.2 Å². The zero-order valence-electron chi connectivity index (χ0n) is 24.4. The number of aromatic nitrogens is 2. The minimum absolute atomic E-state index is 0.0582. The number of hydrogen-bond acceptors (Lipinski definition) is 8. The maximum atomic E-state index is 15.6. The van der Waals surface area contributed by atoms with Crippen LogP contribution < -0.4 is 19.7 Å². The highest BCUT2D eigenvalue weighted by Gasteiger charge is 2.59. The fourth-order valence-corrected chi connectivity index (χ4v) is 7.24. The predicted octanol–water partition coefficient (Wildman–Crippen LogP) is 3.66. The Bertz CT molecular complexity index is 1650. The fraction of sp³-hybridized carbons (Fsp3) is 0.500. The van der Waals surface area contributed by atoms with Crippen LogP contribution in [0.25, 0.3) is 22.0 Å². The number of carbonyl (C=O) groups excluding carboxylic acids is 1. The molecule has 2 N–H and O–H groups in total. The van der Waals surface area contributed by atoms with E-state index in [4.69, 9.17) is 4.74 Å². The first-order valence-corrected chi connectivity index (χ1v) is 16.4. The summed E-state index contributed by atoms with van der Waals surface area (Å²) in [5, 5.41) is 3.95. The molecule has 1 spiro atoms. The van der Waals surface area contributed by atoms with E-state index in [9.17, 15) is 13.2 Å². The van der Waals surface area contributed by atoms with Crippen LogP contribution in [0.15, 0.2) is 30.6 Å². The molecule has 224 valence electrons. The number of hydrogen-bond donors (Lipinski definition) is 2. The molecule has 0 radical (unpaired) electrons. The fourth-order valence-electron chi connectivity index (χ4n) is 6.69. The van der Waals surface area contributed by atoms with Gasteiger partial charge in [-0.3, -0.25) is 14.5 Å². The van der Waals surface area contributed by atoms with Crippen molar-refractivity contribution in [2.75, 3.05) is 49.2 Å². The molecule has 3 aliphatic rings. The van der Waals surface area contributed by atoms with Crippen molar-refractivity contribution < 1.29 is 22.3 Å². The summed E-state index contributed by atoms with van der Waals surface area (Å²) in [7, 11) is -1.89. The molecule has 2 fully saturated rings. The number of anilines is 2. The number of halogens is 1. The first-order valence-electron chi connectivity index (χ1n) is 14.5. The number of pyridine rings is 2. The largest absolute Gasteiger partial charge is 0.475 e. The van der Waals surface area contributed by atoms with Crippen LogP contribution in [-0.2, 0) is 20.2 Å². The van der Waals surface area contributed by atoms with Crippen LogP contribution in [0.5, 0.6) is 5.88 Å². The number of benzene rings is 1. The number of likely N-dealkylation sites (tertiary alicyclic amines) is 1. The molecule has 42 heavy (non-hydrogen) atoms. The van der Waals surface area contributed by atoms with Crippen LogP contribution in [0.1, 0.15) is 45.1 Å². The van der Waals surface area contributed by atoms with E-state index in [2.05, 4.69) is 24.9 Å². The quantitative estimate of drug-likeness (QED) is 0.360. The Morgan fingerprint density at radius 1 is 1.14 bits per heavy atom. The Balaban J connectivity index is 1.40. The maximum absolute atomic E-state index is 15.6. The second kappa shape index (κ2) is 10.7. The lowest BCUT2D eigenvalue weighted by Gasteiger charge is -2.48. The van der Waals surface area contributed by atoms with Crippen molar-refractivity contribution in [2.24, 2.45) is 0 Å². The van der Waals surface area contributed by atoms with Gasteiger partial charge < -0.3 is 19.9 Å². The number of sulfonamides is 1. The van der Waals surface area contributed by atoms with Crippen LogP contribution in [0.2, 0.25) is 0 Å². The molecule has 2 aliphatic heterocycles. The Morgan fingerprint density at radius 2 is 1.88 bits per heavy atom. The molecule has 10 nitrogen and oxygen atoms in total. The summed E-state index contributed by atoms with van der Waals surface area (Å²) < 4.78 is 48.2. The number of carbonyl (C=O) groups is 1. The molecule has 0 atom stereocenters. The van der Waals surface area contributed by atoms with Crippen molar-refractivity contribution in [1.29, 1.82) is 0 Å². The second-order valence-corrected chi connectivity index (χ2v) is 13.8. The molecule has 1 saturated carbocycles. The Morgan fingerprint density at radius 3 is 2.57 bits per heavy atom. The summed E-state index contributed by atoms with van der Waals surface area (Å²) in [6.07, 6.45) is 8.02. The van der Waals surface area contributed by atoms with Gasteiger partial charge >= 0.3 is 0 Å². The van der Waals surface area contributed by atoms with Crippen molar-refractivity contribution in [3.63, 3.8) is 0 Å². The highest BCUT2D eigenvalue weighted by Crippen LogP contribution is 2.56. The van der Waals surface area contributed by atoms with Gasteiger partial charge in [0.15, 0.2) is 0 Å². The summed E-state index contributed by atoms with van der Waals surface area (Å²) in [6.45, 7) is 6.97. The van der Waals surface area contributed by atoms with E-state index in [0.29, 0.717) is 23.7 Å². The lowest BCUT2D eigenvalue weighted by atomic mass is 9.61. The van der Waals surface area contributed by atoms with Crippen molar-refractivity contribution in [1.82, 2.24) is 20.2 Å². The first-order chi connectivity index (χ1) is 20.0. The number of fused-ring (bicyclic) bond motifs is 4. The van der Waals surface area contributed by atoms with E-state index in [-0.39, 0.29) is 35.7 Å². The topological polar surface area (TPSA) is 117 Å². The summed E-state index contributed by atoms with van der Waals surface area (Å²) in [5.74, 6) is -0.359. The summed E-state index contributed by atoms with van der Waals surface area (Å²) in [6, 6.07) is 5.26. The van der Waals surface area contributed by atoms with Crippen LogP contribution in [-0.4, -0.2) is 80.8 Å². The SMILES string of the molecule is CC(C)NCCOc1ncc(-c2cc3c4c(cnc3cc2F)N(C)C(=O)C42CC(N3CCCC3)C2)cc1NS(C)(=O)=O. The molecule has 4 heterocycles. The molecule has 1 aliphatic carbocycles. The highest BCUT2D eigenvalue weighted by molar-refractivity contribution is 7.92. The van der Waals surface area contributed by atoms with Gasteiger partial charge in [0.05, 0.1) is 29.1 Å². The number of nitrogens with zero attached hydrogens (tertiary/aromatic N) is 4. The van der Waals surface area contributed by atoms with E-state index < -0.39 is 21.3 Å². The normalized spacial score (nSPS) is 22.3. The maximum Gasteiger partial charge on any atom is 0.238 e. The first kappa shape index (κ1) is 28.8. The van der Waals surface area contributed by atoms with E-state index in [1.54, 1.807) is 24.2 Å². The van der Waals surface area contributed by atoms with E-state index in [0.717, 1.165) is 48.8 Å². The Kier molecular flexibility index (Phi) is 7.35. The van der Waals surface area contributed by atoms with Gasteiger partial charge in [-0.2, -0.15) is 0 Å². The van der Waals surface area contributed by atoms with Crippen molar-refractivity contribution in [3.05, 3.63) is 42.0 Å². The van der Waals surface area contributed by atoms with Crippen LogP contribution >= 0.6 is 0 Å². The van der Waals surface area contributed by atoms with E-state index >= 15 is 4.39 Å². The van der Waals surface area contributed by atoms with Gasteiger partial charge in [0.2, 0.25) is 21.8 Å². The molecule has 3 aromatic rings. The smallest absolute Gasteiger partial charge is 0.238 e. The van der Waals surface area contributed by atoms with Crippen molar-refractivity contribution in [2.45, 2.75) is 57.0 Å². The number of rotatable bonds is 9. The molecular weight excluding hydrogens is 559 g/mol. The van der Waals surface area contributed by atoms with Gasteiger partial charge in [-0.1, -0.05) is 13.8 Å². The lowest BCUT2D eigenvalue weighted by molar-refractivity contribution is -0.128. The molecule has 0 unspecified atom stereocenters. The molecule has 2 aromatic heterocycles. The summed E-state index contributed by atoms with van der Waals surface area (Å²) >= 11 is 0. The number of nitrogens with one attached hydrogen (secondary N) is 2. The molecule has 1 saturated heterocycles. The molecule has 0 bridgehead atoms. The third-order valence-corrected chi connectivity index (χ3v) is 9.26. The summed E-state index contributed by atoms with van der Waals surface area (Å²) in [4.78, 5) is 26.7. The average Bonchev–Trinajstić information content (AvgIpc) is 3.50. The van der Waals surface area contributed by atoms with E-state index in [1.807, 2.05) is 13.8 Å². The number of likely N-dealkylation sites (N-methyl/N-ethyl adjacent to an activating group) is 1. The van der Waals surface area contributed by atoms with E-state index in [1.165, 1.54) is 31.2 Å². The van der Waals surface area contributed by atoms with Crippen LogP contribution in [0, 0.1) is 5.82 Å². The van der Waals surface area contributed by atoms with Gasteiger partial charge in [0, 0.05) is 60.0 Å². The Hall–Kier alpha value is -3.35. The predicted molar refractivity (Wildman–Crippen MR) is 161 cm³/mol. The molecule has 1 amide bonds. The van der Waals surface area contributed by atoms with Gasteiger partial charge in [-0.25, -0.2) is 17.8 Å². The van der Waals surface area contributed by atoms with Gasteiger partial charge in [-0.15, -0.1) is 0 Å². The van der Waals surface area contributed by atoms with Crippen molar-refractivity contribution in [3.8, 4) is 17.0 Å². The monoisotopic (exact) mass is 596 g/mol. The summed E-state index contributed by atoms with van der Waals surface area (Å²) in [5.41, 5.74) is 2.20. The minimum Gasteiger partial charge on any atom is -0.475 e. The number of amides is 1. The molecule has 6 rings (SSSR count). The van der Waals surface area contributed by atoms with Crippen LogP contribution in [0.4, 0.5) is 15.8 Å². The third kappa shape index (κ3) is 5.09. The standard InChI is InChI=1S/C30H37FN6O4S/c1-18(2)32-7-10-41-28-25(35-42(4,39)40)11-19(16-34-28)21-12-22-24(13-23(21)31)33-17-26-27(22)30(29(38)36(26)3)14-20(15-30)37-8-5-6-9-37/h11-13,16-18,20,32,35H,5-10,14-15H2,1-4H3. The molecule has 12 heteroatoms. The zero-order valence-corrected chi connectivity index (χ0v) is 25.2. The average molecular weight is 597 g/mol. The second-order valence-electron chi connectivity index (χ2n) is 12.0. The lowest BCUT2D eigenvalue weighted by Crippen LogP contribution is -2.56. The third-order valence-electron chi connectivity index (χ3n) is 8.67. The van der Waals surface area contributed by atoms with Gasteiger partial charge in [-0.05, 0) is 50.9 Å². The minimum atomic E-state index is -3.67. The van der Waals surface area contributed by atoms with Crippen LogP contribution in [0.3, 0.4) is 0 Å². The number of ether oxygens (including phenoxy) is 1. The van der Waals surface area contributed by atoms with Gasteiger partial charge in [0.1, 0.15) is 18.1 Å². The van der Waals surface area contributed by atoms with Gasteiger partial charge in [0.25, 0.3) is 0 Å².